The lowest BCUT2D eigenvalue weighted by Gasteiger charge is -2.17. The van der Waals surface area contributed by atoms with Crippen LogP contribution in [0.5, 0.6) is 0 Å². The zero-order chi connectivity index (χ0) is 12.3. The lowest BCUT2D eigenvalue weighted by atomic mass is 10.0. The number of amides is 1. The van der Waals surface area contributed by atoms with Gasteiger partial charge in [-0.2, -0.15) is 0 Å². The summed E-state index contributed by atoms with van der Waals surface area (Å²) in [5, 5.41) is 3.31. The molecule has 0 aromatic rings. The summed E-state index contributed by atoms with van der Waals surface area (Å²) in [4.78, 5) is 14.0. The minimum absolute atomic E-state index is 0.0569. The molecule has 1 atom stereocenters. The van der Waals surface area contributed by atoms with Crippen LogP contribution in [0.3, 0.4) is 0 Å². The first-order chi connectivity index (χ1) is 8.18. The Labute approximate surface area is 105 Å². The molecule has 3 nitrogen and oxygen atoms in total. The number of carbonyl (C=O) groups is 1. The number of carbonyl (C=O) groups excluding carboxylic acids is 1. The van der Waals surface area contributed by atoms with Gasteiger partial charge in [0.25, 0.3) is 0 Å². The molecule has 2 rings (SSSR count). The third kappa shape index (κ3) is 3.21. The van der Waals surface area contributed by atoms with E-state index in [2.05, 4.69) is 19.2 Å². The first-order valence-electron chi connectivity index (χ1n) is 7.20. The molecular formula is C14H26N2O. The SMILES string of the molecule is CC(C)C1NCN(CCCC2CCCC2)C1=O. The van der Waals surface area contributed by atoms with Gasteiger partial charge >= 0.3 is 0 Å². The fourth-order valence-electron chi connectivity index (χ4n) is 3.15. The van der Waals surface area contributed by atoms with Crippen molar-refractivity contribution in [2.45, 2.75) is 58.4 Å². The zero-order valence-electron chi connectivity index (χ0n) is 11.2. The van der Waals surface area contributed by atoms with Crippen molar-refractivity contribution in [3.63, 3.8) is 0 Å². The van der Waals surface area contributed by atoms with E-state index >= 15 is 0 Å². The first kappa shape index (κ1) is 12.9. The molecule has 1 amide bonds. The average Bonchev–Trinajstić information content (AvgIpc) is 2.89. The van der Waals surface area contributed by atoms with Crippen LogP contribution in [0.15, 0.2) is 0 Å². The van der Waals surface area contributed by atoms with E-state index in [0.717, 1.165) is 19.1 Å². The van der Waals surface area contributed by atoms with Crippen molar-refractivity contribution in [1.82, 2.24) is 10.2 Å². The Morgan fingerprint density at radius 1 is 1.35 bits per heavy atom. The number of nitrogens with one attached hydrogen (secondary N) is 1. The maximum atomic E-state index is 12.0. The second-order valence-corrected chi connectivity index (χ2v) is 5.98. The number of nitrogens with zero attached hydrogens (tertiary/aromatic N) is 1. The van der Waals surface area contributed by atoms with Gasteiger partial charge in [-0.25, -0.2) is 0 Å². The topological polar surface area (TPSA) is 32.3 Å². The van der Waals surface area contributed by atoms with E-state index in [9.17, 15) is 4.79 Å². The summed E-state index contributed by atoms with van der Waals surface area (Å²) in [6.45, 7) is 5.92. The number of rotatable bonds is 5. The van der Waals surface area contributed by atoms with Crippen molar-refractivity contribution < 1.29 is 4.79 Å². The van der Waals surface area contributed by atoms with Gasteiger partial charge in [0.1, 0.15) is 0 Å². The van der Waals surface area contributed by atoms with Gasteiger partial charge in [-0.05, 0) is 24.7 Å². The molecule has 1 aliphatic carbocycles. The van der Waals surface area contributed by atoms with Gasteiger partial charge < -0.3 is 4.90 Å². The molecule has 2 fully saturated rings. The molecule has 0 radical (unpaired) electrons. The molecular weight excluding hydrogens is 212 g/mol. The molecule has 1 aliphatic heterocycles. The van der Waals surface area contributed by atoms with Crippen LogP contribution < -0.4 is 5.32 Å². The highest BCUT2D eigenvalue weighted by atomic mass is 16.2. The van der Waals surface area contributed by atoms with E-state index in [1.165, 1.54) is 38.5 Å². The molecule has 98 valence electrons. The molecule has 1 saturated carbocycles. The second kappa shape index (κ2) is 5.85. The van der Waals surface area contributed by atoms with Crippen LogP contribution in [-0.4, -0.2) is 30.1 Å². The molecule has 0 aromatic heterocycles. The zero-order valence-corrected chi connectivity index (χ0v) is 11.2. The van der Waals surface area contributed by atoms with Gasteiger partial charge in [-0.1, -0.05) is 39.5 Å². The molecule has 0 spiro atoms. The molecule has 1 unspecified atom stereocenters. The molecule has 1 N–H and O–H groups in total. The van der Waals surface area contributed by atoms with E-state index in [4.69, 9.17) is 0 Å². The summed E-state index contributed by atoms with van der Waals surface area (Å²) in [5.74, 6) is 1.66. The van der Waals surface area contributed by atoms with Crippen molar-refractivity contribution in [3.05, 3.63) is 0 Å². The van der Waals surface area contributed by atoms with Crippen molar-refractivity contribution >= 4 is 5.91 Å². The van der Waals surface area contributed by atoms with Crippen LogP contribution in [0.2, 0.25) is 0 Å². The molecule has 17 heavy (non-hydrogen) atoms. The largest absolute Gasteiger partial charge is 0.329 e. The minimum atomic E-state index is 0.0569. The highest BCUT2D eigenvalue weighted by Crippen LogP contribution is 2.28. The van der Waals surface area contributed by atoms with Crippen molar-refractivity contribution in [3.8, 4) is 0 Å². The maximum absolute atomic E-state index is 12.0. The summed E-state index contributed by atoms with van der Waals surface area (Å²) in [6.07, 6.45) is 8.18. The van der Waals surface area contributed by atoms with E-state index in [1.807, 2.05) is 4.90 Å². The molecule has 2 aliphatic rings. The minimum Gasteiger partial charge on any atom is -0.329 e. The fourth-order valence-corrected chi connectivity index (χ4v) is 3.15. The van der Waals surface area contributed by atoms with Gasteiger partial charge in [0.2, 0.25) is 5.91 Å². The smallest absolute Gasteiger partial charge is 0.241 e. The standard InChI is InChI=1S/C14H26N2O/c1-11(2)13-14(17)16(10-15-13)9-5-8-12-6-3-4-7-12/h11-13,15H,3-10H2,1-2H3. The summed E-state index contributed by atoms with van der Waals surface area (Å²) in [7, 11) is 0. The average molecular weight is 238 g/mol. The monoisotopic (exact) mass is 238 g/mol. The highest BCUT2D eigenvalue weighted by Gasteiger charge is 2.32. The lowest BCUT2D eigenvalue weighted by molar-refractivity contribution is -0.129. The maximum Gasteiger partial charge on any atom is 0.241 e. The third-order valence-electron chi connectivity index (χ3n) is 4.26. The van der Waals surface area contributed by atoms with Crippen LogP contribution >= 0.6 is 0 Å². The Morgan fingerprint density at radius 2 is 2.06 bits per heavy atom. The van der Waals surface area contributed by atoms with Crippen LogP contribution in [0.25, 0.3) is 0 Å². The summed E-state index contributed by atoms with van der Waals surface area (Å²) < 4.78 is 0. The predicted octanol–water partition coefficient (Wildman–Crippen LogP) is 2.37. The molecule has 0 aromatic carbocycles. The Morgan fingerprint density at radius 3 is 2.65 bits per heavy atom. The lowest BCUT2D eigenvalue weighted by Crippen LogP contribution is -2.35. The van der Waals surface area contributed by atoms with Gasteiger partial charge in [0.15, 0.2) is 0 Å². The van der Waals surface area contributed by atoms with Crippen LogP contribution in [0.1, 0.15) is 52.4 Å². The van der Waals surface area contributed by atoms with Crippen LogP contribution in [0.4, 0.5) is 0 Å². The fraction of sp³-hybridized carbons (Fsp3) is 0.929. The Kier molecular flexibility index (Phi) is 4.43. The van der Waals surface area contributed by atoms with E-state index in [-0.39, 0.29) is 6.04 Å². The summed E-state index contributed by atoms with van der Waals surface area (Å²) in [6, 6.07) is 0.0569. The van der Waals surface area contributed by atoms with Crippen LogP contribution in [-0.2, 0) is 4.79 Å². The first-order valence-corrected chi connectivity index (χ1v) is 7.20. The van der Waals surface area contributed by atoms with Gasteiger partial charge in [0, 0.05) is 6.54 Å². The van der Waals surface area contributed by atoms with E-state index in [1.54, 1.807) is 0 Å². The van der Waals surface area contributed by atoms with Crippen molar-refractivity contribution in [2.75, 3.05) is 13.2 Å². The predicted molar refractivity (Wildman–Crippen MR) is 69.5 cm³/mol. The van der Waals surface area contributed by atoms with Crippen LogP contribution in [0, 0.1) is 11.8 Å². The normalized spacial score (nSPS) is 26.4. The highest BCUT2D eigenvalue weighted by molar-refractivity contribution is 5.83. The Bertz CT molecular complexity index is 259. The molecule has 0 bridgehead atoms. The summed E-state index contributed by atoms with van der Waals surface area (Å²) >= 11 is 0. The Hall–Kier alpha value is -0.570. The van der Waals surface area contributed by atoms with Crippen molar-refractivity contribution in [1.29, 1.82) is 0 Å². The molecule has 1 heterocycles. The molecule has 1 saturated heterocycles. The molecule has 3 heteroatoms. The van der Waals surface area contributed by atoms with Gasteiger partial charge in [-0.3, -0.25) is 10.1 Å². The number of hydrogen-bond acceptors (Lipinski definition) is 2. The quantitative estimate of drug-likeness (QED) is 0.797. The third-order valence-corrected chi connectivity index (χ3v) is 4.26. The Balaban J connectivity index is 1.67. The van der Waals surface area contributed by atoms with Crippen molar-refractivity contribution in [2.24, 2.45) is 11.8 Å². The second-order valence-electron chi connectivity index (χ2n) is 5.98. The van der Waals surface area contributed by atoms with E-state index in [0.29, 0.717) is 11.8 Å². The van der Waals surface area contributed by atoms with Gasteiger partial charge in [0.05, 0.1) is 12.7 Å². The van der Waals surface area contributed by atoms with E-state index < -0.39 is 0 Å². The summed E-state index contributed by atoms with van der Waals surface area (Å²) in [5.41, 5.74) is 0. The number of hydrogen-bond donors (Lipinski definition) is 1. The van der Waals surface area contributed by atoms with Gasteiger partial charge in [-0.15, -0.1) is 0 Å².